The van der Waals surface area contributed by atoms with Gasteiger partial charge in [0.15, 0.2) is 0 Å². The highest BCUT2D eigenvalue weighted by atomic mass is 32.2. The lowest BCUT2D eigenvalue weighted by molar-refractivity contribution is -0.132. The maximum atomic E-state index is 12.3. The summed E-state index contributed by atoms with van der Waals surface area (Å²) in [6.45, 7) is 2.53. The van der Waals surface area contributed by atoms with E-state index in [0.29, 0.717) is 37.8 Å². The van der Waals surface area contributed by atoms with Crippen molar-refractivity contribution in [3.63, 3.8) is 0 Å². The molecule has 1 aliphatic carbocycles. The molecular weight excluding hydrogens is 324 g/mol. The molecule has 0 bridgehead atoms. The zero-order valence-electron chi connectivity index (χ0n) is 13.8. The molecule has 6 heteroatoms. The van der Waals surface area contributed by atoms with Crippen molar-refractivity contribution in [2.45, 2.75) is 24.8 Å². The second-order valence-electron chi connectivity index (χ2n) is 6.34. The summed E-state index contributed by atoms with van der Waals surface area (Å²) in [5.74, 6) is 0.784. The van der Waals surface area contributed by atoms with Crippen LogP contribution in [-0.4, -0.2) is 54.5 Å². The highest BCUT2D eigenvalue weighted by molar-refractivity contribution is 8.00. The van der Waals surface area contributed by atoms with Crippen molar-refractivity contribution in [1.82, 2.24) is 10.2 Å². The van der Waals surface area contributed by atoms with E-state index in [2.05, 4.69) is 17.4 Å². The number of hydrogen-bond acceptors (Lipinski definition) is 4. The van der Waals surface area contributed by atoms with Gasteiger partial charge in [-0.25, -0.2) is 0 Å². The summed E-state index contributed by atoms with van der Waals surface area (Å²) < 4.78 is 5.24. The Kier molecular flexibility index (Phi) is 5.79. The molecule has 1 heterocycles. The van der Waals surface area contributed by atoms with Crippen molar-refractivity contribution < 1.29 is 14.3 Å². The van der Waals surface area contributed by atoms with Crippen LogP contribution in [0.15, 0.2) is 30.3 Å². The van der Waals surface area contributed by atoms with Crippen LogP contribution in [0.2, 0.25) is 0 Å². The van der Waals surface area contributed by atoms with E-state index in [1.165, 1.54) is 17.3 Å². The van der Waals surface area contributed by atoms with Gasteiger partial charge >= 0.3 is 0 Å². The van der Waals surface area contributed by atoms with Crippen LogP contribution in [-0.2, 0) is 19.9 Å². The van der Waals surface area contributed by atoms with Gasteiger partial charge in [-0.15, -0.1) is 11.8 Å². The molecular formula is C18H24N2O3S. The van der Waals surface area contributed by atoms with Gasteiger partial charge in [-0.05, 0) is 24.8 Å². The average Bonchev–Trinajstić information content (AvgIpc) is 2.59. The first-order chi connectivity index (χ1) is 11.7. The number of hydrogen-bond donors (Lipinski definition) is 1. The molecule has 0 aromatic heterocycles. The Labute approximate surface area is 147 Å². The van der Waals surface area contributed by atoms with Gasteiger partial charge in [-0.2, -0.15) is 0 Å². The van der Waals surface area contributed by atoms with Crippen molar-refractivity contribution in [1.29, 1.82) is 0 Å². The predicted molar refractivity (Wildman–Crippen MR) is 94.8 cm³/mol. The lowest BCUT2D eigenvalue weighted by atomic mass is 9.72. The predicted octanol–water partition coefficient (Wildman–Crippen LogP) is 1.77. The van der Waals surface area contributed by atoms with Crippen molar-refractivity contribution in [3.05, 3.63) is 35.9 Å². The number of thioether (sulfide) groups is 1. The minimum Gasteiger partial charge on any atom is -0.378 e. The molecule has 1 saturated heterocycles. The fraction of sp³-hybridized carbons (Fsp3) is 0.556. The van der Waals surface area contributed by atoms with E-state index in [0.717, 1.165) is 19.3 Å². The third-order valence-electron chi connectivity index (χ3n) is 4.73. The van der Waals surface area contributed by atoms with Gasteiger partial charge in [-0.3, -0.25) is 9.59 Å². The Morgan fingerprint density at radius 2 is 1.83 bits per heavy atom. The molecule has 130 valence electrons. The summed E-state index contributed by atoms with van der Waals surface area (Å²) >= 11 is 1.39. The standard InChI is InChI=1S/C18H24N2O3S/c21-16(13-24-14-17(22)20-9-11-23-12-10-20)19-18(7-4-8-18)15-5-2-1-3-6-15/h1-3,5-6H,4,7-14H2,(H,19,21). The lowest BCUT2D eigenvalue weighted by Crippen LogP contribution is -2.51. The van der Waals surface area contributed by atoms with Gasteiger partial charge in [0.2, 0.25) is 11.8 Å². The Morgan fingerprint density at radius 3 is 2.46 bits per heavy atom. The van der Waals surface area contributed by atoms with Crippen LogP contribution < -0.4 is 5.32 Å². The maximum absolute atomic E-state index is 12.3. The molecule has 1 aromatic carbocycles. The number of carbonyl (C=O) groups excluding carboxylic acids is 2. The van der Waals surface area contributed by atoms with Crippen LogP contribution in [0.25, 0.3) is 0 Å². The molecule has 1 N–H and O–H groups in total. The Hall–Kier alpha value is -1.53. The molecule has 1 saturated carbocycles. The number of morpholine rings is 1. The fourth-order valence-corrected chi connectivity index (χ4v) is 3.93. The number of ether oxygens (including phenoxy) is 1. The molecule has 3 rings (SSSR count). The summed E-state index contributed by atoms with van der Waals surface area (Å²) in [5, 5.41) is 3.19. The van der Waals surface area contributed by atoms with Gasteiger partial charge in [-0.1, -0.05) is 30.3 Å². The summed E-state index contributed by atoms with van der Waals surface area (Å²) in [4.78, 5) is 26.2. The normalized spacial score (nSPS) is 19.4. The summed E-state index contributed by atoms with van der Waals surface area (Å²) in [7, 11) is 0. The minimum atomic E-state index is -0.201. The molecule has 24 heavy (non-hydrogen) atoms. The Balaban J connectivity index is 1.44. The summed E-state index contributed by atoms with van der Waals surface area (Å²) in [6.07, 6.45) is 3.11. The van der Waals surface area contributed by atoms with Crippen LogP contribution in [0.3, 0.4) is 0 Å². The van der Waals surface area contributed by atoms with E-state index in [1.54, 1.807) is 0 Å². The van der Waals surface area contributed by atoms with Gasteiger partial charge < -0.3 is 15.0 Å². The highest BCUT2D eigenvalue weighted by Crippen LogP contribution is 2.41. The average molecular weight is 348 g/mol. The summed E-state index contributed by atoms with van der Waals surface area (Å²) in [6, 6.07) is 10.2. The fourth-order valence-electron chi connectivity index (χ4n) is 3.21. The molecule has 1 aliphatic heterocycles. The molecule has 2 fully saturated rings. The van der Waals surface area contributed by atoms with Crippen LogP contribution in [0, 0.1) is 0 Å². The van der Waals surface area contributed by atoms with Crippen molar-refractivity contribution in [3.8, 4) is 0 Å². The maximum Gasteiger partial charge on any atom is 0.232 e. The molecule has 2 aliphatic rings. The molecule has 0 atom stereocenters. The quantitative estimate of drug-likeness (QED) is 0.851. The largest absolute Gasteiger partial charge is 0.378 e. The van der Waals surface area contributed by atoms with Crippen LogP contribution in [0.5, 0.6) is 0 Å². The SMILES string of the molecule is O=C(CSCC(=O)N1CCOCC1)NC1(c2ccccc2)CCC1. The molecule has 2 amide bonds. The molecule has 0 unspecified atom stereocenters. The Morgan fingerprint density at radius 1 is 1.12 bits per heavy atom. The molecule has 1 aromatic rings. The second kappa shape index (κ2) is 8.03. The van der Waals surface area contributed by atoms with Gasteiger partial charge in [0, 0.05) is 13.1 Å². The van der Waals surface area contributed by atoms with E-state index < -0.39 is 0 Å². The van der Waals surface area contributed by atoms with E-state index >= 15 is 0 Å². The van der Waals surface area contributed by atoms with Crippen molar-refractivity contribution >= 4 is 23.6 Å². The monoisotopic (exact) mass is 348 g/mol. The first-order valence-electron chi connectivity index (χ1n) is 8.49. The smallest absolute Gasteiger partial charge is 0.232 e. The Bertz CT molecular complexity index is 569. The van der Waals surface area contributed by atoms with E-state index in [-0.39, 0.29) is 17.4 Å². The third-order valence-corrected chi connectivity index (χ3v) is 5.65. The molecule has 0 spiro atoms. The first kappa shape index (κ1) is 17.3. The third kappa shape index (κ3) is 4.11. The van der Waals surface area contributed by atoms with E-state index in [9.17, 15) is 9.59 Å². The van der Waals surface area contributed by atoms with Crippen molar-refractivity contribution in [2.24, 2.45) is 0 Å². The molecule has 0 radical (unpaired) electrons. The van der Waals surface area contributed by atoms with Crippen LogP contribution in [0.1, 0.15) is 24.8 Å². The number of amides is 2. The topological polar surface area (TPSA) is 58.6 Å². The van der Waals surface area contributed by atoms with E-state index in [1.807, 2.05) is 23.1 Å². The minimum absolute atomic E-state index is 0.0123. The number of rotatable bonds is 6. The highest BCUT2D eigenvalue weighted by Gasteiger charge is 2.39. The van der Waals surface area contributed by atoms with Crippen LogP contribution in [0.4, 0.5) is 0 Å². The molecule has 5 nitrogen and oxygen atoms in total. The summed E-state index contributed by atoms with van der Waals surface area (Å²) in [5.41, 5.74) is 0.978. The number of nitrogens with one attached hydrogen (secondary N) is 1. The lowest BCUT2D eigenvalue weighted by Gasteiger charge is -2.43. The van der Waals surface area contributed by atoms with Crippen LogP contribution >= 0.6 is 11.8 Å². The van der Waals surface area contributed by atoms with Gasteiger partial charge in [0.05, 0.1) is 30.3 Å². The van der Waals surface area contributed by atoms with Crippen molar-refractivity contribution in [2.75, 3.05) is 37.8 Å². The zero-order chi connectivity index (χ0) is 16.8. The number of nitrogens with zero attached hydrogens (tertiary/aromatic N) is 1. The number of benzene rings is 1. The number of carbonyl (C=O) groups is 2. The second-order valence-corrected chi connectivity index (χ2v) is 7.32. The zero-order valence-corrected chi connectivity index (χ0v) is 14.6. The van der Waals surface area contributed by atoms with Gasteiger partial charge in [0.25, 0.3) is 0 Å². The van der Waals surface area contributed by atoms with Gasteiger partial charge in [0.1, 0.15) is 0 Å². The first-order valence-corrected chi connectivity index (χ1v) is 9.65. The van der Waals surface area contributed by atoms with E-state index in [4.69, 9.17) is 4.74 Å².